The topological polar surface area (TPSA) is 59.8 Å². The van der Waals surface area contributed by atoms with Crippen LogP contribution in [0.2, 0.25) is 0 Å². The van der Waals surface area contributed by atoms with Crippen LogP contribution in [0.15, 0.2) is 48.9 Å². The SMILES string of the molecule is Cc1c(C(=O)Nc2cc(-c3cccnc3)ccn2)cc(C(C)(C)C)n1C. The second-order valence-electron chi connectivity index (χ2n) is 7.46. The normalized spacial score (nSPS) is 11.4. The number of carbonyl (C=O) groups excluding carboxylic acids is 1. The summed E-state index contributed by atoms with van der Waals surface area (Å²) in [5.41, 5.74) is 4.65. The molecule has 5 heteroatoms. The summed E-state index contributed by atoms with van der Waals surface area (Å²) in [7, 11) is 1.99. The molecule has 0 saturated heterocycles. The molecule has 3 aromatic heterocycles. The molecule has 3 aromatic rings. The Hall–Kier alpha value is -2.95. The van der Waals surface area contributed by atoms with Crippen molar-refractivity contribution in [3.05, 3.63) is 65.9 Å². The summed E-state index contributed by atoms with van der Waals surface area (Å²) in [5, 5.41) is 2.92. The van der Waals surface area contributed by atoms with Crippen LogP contribution in [0.4, 0.5) is 5.82 Å². The van der Waals surface area contributed by atoms with Crippen LogP contribution in [-0.2, 0) is 12.5 Å². The zero-order valence-corrected chi connectivity index (χ0v) is 15.9. The third-order valence-corrected chi connectivity index (χ3v) is 4.54. The molecule has 0 aliphatic heterocycles. The Balaban J connectivity index is 1.88. The third-order valence-electron chi connectivity index (χ3n) is 4.54. The Bertz CT molecular complexity index is 936. The minimum atomic E-state index is -0.149. The van der Waals surface area contributed by atoms with Crippen LogP contribution in [0, 0.1) is 6.92 Å². The molecule has 3 rings (SSSR count). The molecule has 0 unspecified atom stereocenters. The predicted molar refractivity (Wildman–Crippen MR) is 104 cm³/mol. The zero-order valence-electron chi connectivity index (χ0n) is 15.9. The van der Waals surface area contributed by atoms with Gasteiger partial charge in [-0.3, -0.25) is 9.78 Å². The van der Waals surface area contributed by atoms with Crippen molar-refractivity contribution in [3.63, 3.8) is 0 Å². The van der Waals surface area contributed by atoms with E-state index in [-0.39, 0.29) is 11.3 Å². The van der Waals surface area contributed by atoms with Gasteiger partial charge in [-0.15, -0.1) is 0 Å². The largest absolute Gasteiger partial charge is 0.351 e. The van der Waals surface area contributed by atoms with E-state index in [2.05, 4.69) is 40.6 Å². The monoisotopic (exact) mass is 348 g/mol. The third kappa shape index (κ3) is 3.52. The smallest absolute Gasteiger partial charge is 0.258 e. The zero-order chi connectivity index (χ0) is 18.9. The van der Waals surface area contributed by atoms with E-state index in [4.69, 9.17) is 0 Å². The highest BCUT2D eigenvalue weighted by atomic mass is 16.1. The van der Waals surface area contributed by atoms with Crippen molar-refractivity contribution in [2.75, 3.05) is 5.32 Å². The molecular formula is C21H24N4O. The summed E-state index contributed by atoms with van der Waals surface area (Å²) in [6.07, 6.45) is 5.21. The second kappa shape index (κ2) is 6.75. The van der Waals surface area contributed by atoms with Gasteiger partial charge in [-0.05, 0) is 36.8 Å². The van der Waals surface area contributed by atoms with Crippen LogP contribution < -0.4 is 5.32 Å². The fraction of sp³-hybridized carbons (Fsp3) is 0.286. The van der Waals surface area contributed by atoms with Crippen LogP contribution in [0.1, 0.15) is 42.5 Å². The molecule has 0 saturated carbocycles. The molecule has 0 fully saturated rings. The summed E-state index contributed by atoms with van der Waals surface area (Å²) >= 11 is 0. The fourth-order valence-electron chi connectivity index (χ4n) is 3.04. The van der Waals surface area contributed by atoms with Gasteiger partial charge in [0.15, 0.2) is 0 Å². The number of hydrogen-bond acceptors (Lipinski definition) is 3. The Morgan fingerprint density at radius 3 is 2.50 bits per heavy atom. The standard InChI is InChI=1S/C21H24N4O/c1-14-17(12-18(25(14)5)21(2,3)4)20(26)24-19-11-15(8-10-23-19)16-7-6-9-22-13-16/h6-13H,1-5H3,(H,23,24,26). The average molecular weight is 348 g/mol. The summed E-state index contributed by atoms with van der Waals surface area (Å²) in [4.78, 5) is 21.2. The van der Waals surface area contributed by atoms with E-state index < -0.39 is 0 Å². The van der Waals surface area contributed by atoms with Crippen LogP contribution >= 0.6 is 0 Å². The summed E-state index contributed by atoms with van der Waals surface area (Å²) in [6, 6.07) is 9.59. The van der Waals surface area contributed by atoms with Gasteiger partial charge < -0.3 is 9.88 Å². The first-order valence-electron chi connectivity index (χ1n) is 8.62. The molecule has 0 spiro atoms. The molecule has 0 aromatic carbocycles. The molecule has 0 atom stereocenters. The van der Waals surface area contributed by atoms with E-state index in [9.17, 15) is 4.79 Å². The number of aromatic nitrogens is 3. The van der Waals surface area contributed by atoms with Gasteiger partial charge >= 0.3 is 0 Å². The van der Waals surface area contributed by atoms with Gasteiger partial charge in [0.2, 0.25) is 0 Å². The van der Waals surface area contributed by atoms with Crippen molar-refractivity contribution in [2.24, 2.45) is 7.05 Å². The van der Waals surface area contributed by atoms with Gasteiger partial charge in [0, 0.05) is 48.0 Å². The Morgan fingerprint density at radius 1 is 1.12 bits per heavy atom. The number of nitrogens with one attached hydrogen (secondary N) is 1. The van der Waals surface area contributed by atoms with E-state index in [0.29, 0.717) is 11.4 Å². The van der Waals surface area contributed by atoms with E-state index in [1.165, 1.54) is 0 Å². The lowest BCUT2D eigenvalue weighted by atomic mass is 9.92. The summed E-state index contributed by atoms with van der Waals surface area (Å²) < 4.78 is 2.08. The molecule has 0 aliphatic carbocycles. The lowest BCUT2D eigenvalue weighted by molar-refractivity contribution is 0.102. The van der Waals surface area contributed by atoms with Gasteiger partial charge in [-0.2, -0.15) is 0 Å². The maximum atomic E-state index is 12.8. The van der Waals surface area contributed by atoms with E-state index in [1.807, 2.05) is 44.3 Å². The second-order valence-corrected chi connectivity index (χ2v) is 7.46. The molecule has 134 valence electrons. The van der Waals surface area contributed by atoms with Crippen LogP contribution in [0.5, 0.6) is 0 Å². The highest BCUT2D eigenvalue weighted by molar-refractivity contribution is 6.05. The molecule has 3 heterocycles. The highest BCUT2D eigenvalue weighted by Crippen LogP contribution is 2.27. The van der Waals surface area contributed by atoms with Crippen LogP contribution in [0.25, 0.3) is 11.1 Å². The van der Waals surface area contributed by atoms with Crippen molar-refractivity contribution in [1.82, 2.24) is 14.5 Å². The fourth-order valence-corrected chi connectivity index (χ4v) is 3.04. The Kier molecular flexibility index (Phi) is 4.64. The van der Waals surface area contributed by atoms with Crippen molar-refractivity contribution >= 4 is 11.7 Å². The summed E-state index contributed by atoms with van der Waals surface area (Å²) in [5.74, 6) is 0.376. The molecular weight excluding hydrogens is 324 g/mol. The highest BCUT2D eigenvalue weighted by Gasteiger charge is 2.23. The molecule has 1 N–H and O–H groups in total. The average Bonchev–Trinajstić information content (AvgIpc) is 2.91. The van der Waals surface area contributed by atoms with Gasteiger partial charge in [-0.1, -0.05) is 26.8 Å². The van der Waals surface area contributed by atoms with Gasteiger partial charge in [0.1, 0.15) is 5.82 Å². The molecule has 5 nitrogen and oxygen atoms in total. The maximum absolute atomic E-state index is 12.8. The van der Waals surface area contributed by atoms with Crippen molar-refractivity contribution in [1.29, 1.82) is 0 Å². The first kappa shape index (κ1) is 17.9. The number of nitrogens with zero attached hydrogens (tertiary/aromatic N) is 3. The number of rotatable bonds is 3. The lowest BCUT2D eigenvalue weighted by Crippen LogP contribution is -2.16. The number of amides is 1. The van der Waals surface area contributed by atoms with Gasteiger partial charge in [0.05, 0.1) is 5.56 Å². The lowest BCUT2D eigenvalue weighted by Gasteiger charge is -2.19. The molecule has 0 radical (unpaired) electrons. The molecule has 1 amide bonds. The van der Waals surface area contributed by atoms with E-state index in [1.54, 1.807) is 18.6 Å². The molecule has 26 heavy (non-hydrogen) atoms. The predicted octanol–water partition coefficient (Wildman–Crippen LogP) is 4.34. The van der Waals surface area contributed by atoms with Gasteiger partial charge in [-0.25, -0.2) is 4.98 Å². The number of hydrogen-bond donors (Lipinski definition) is 1. The van der Waals surface area contributed by atoms with Crippen LogP contribution in [-0.4, -0.2) is 20.4 Å². The maximum Gasteiger partial charge on any atom is 0.258 e. The minimum absolute atomic E-state index is 0.0312. The van der Waals surface area contributed by atoms with Crippen molar-refractivity contribution in [3.8, 4) is 11.1 Å². The van der Waals surface area contributed by atoms with Crippen LogP contribution in [0.3, 0.4) is 0 Å². The van der Waals surface area contributed by atoms with Crippen molar-refractivity contribution < 1.29 is 4.79 Å². The molecule has 0 bridgehead atoms. The van der Waals surface area contributed by atoms with E-state index in [0.717, 1.165) is 22.5 Å². The number of pyridine rings is 2. The quantitative estimate of drug-likeness (QED) is 0.766. The number of anilines is 1. The Morgan fingerprint density at radius 2 is 1.88 bits per heavy atom. The van der Waals surface area contributed by atoms with Gasteiger partial charge in [0.25, 0.3) is 5.91 Å². The first-order valence-corrected chi connectivity index (χ1v) is 8.62. The van der Waals surface area contributed by atoms with E-state index >= 15 is 0 Å². The minimum Gasteiger partial charge on any atom is -0.351 e. The summed E-state index contributed by atoms with van der Waals surface area (Å²) in [6.45, 7) is 8.39. The van der Waals surface area contributed by atoms with Crippen molar-refractivity contribution in [2.45, 2.75) is 33.1 Å². The molecule has 0 aliphatic rings. The Labute approximate surface area is 154 Å². The first-order chi connectivity index (χ1) is 12.3. The number of carbonyl (C=O) groups is 1.